The molecule has 0 saturated carbocycles. The predicted molar refractivity (Wildman–Crippen MR) is 129 cm³/mol. The normalized spacial score (nSPS) is 20.2. The number of carboxylic acid groups (broad SMARTS) is 1. The summed E-state index contributed by atoms with van der Waals surface area (Å²) in [5.74, 6) is -0.396. The molecular weight excluding hydrogens is 485 g/mol. The third-order valence-electron chi connectivity index (χ3n) is 5.28. The molecule has 1 aromatic heterocycles. The van der Waals surface area contributed by atoms with Gasteiger partial charge in [-0.25, -0.2) is 9.78 Å². The molecule has 1 fully saturated rings. The Hall–Kier alpha value is -2.23. The number of ether oxygens (including phenoxy) is 2. The Morgan fingerprint density at radius 2 is 2.09 bits per heavy atom. The van der Waals surface area contributed by atoms with Crippen LogP contribution < -0.4 is 4.90 Å². The van der Waals surface area contributed by atoms with Crippen molar-refractivity contribution in [2.45, 2.75) is 30.3 Å². The molecular formula is C23H23Cl2N3O4S. The molecule has 2 aromatic carbocycles. The van der Waals surface area contributed by atoms with E-state index in [1.165, 1.54) is 4.90 Å². The van der Waals surface area contributed by atoms with E-state index in [-0.39, 0.29) is 6.10 Å². The van der Waals surface area contributed by atoms with Crippen LogP contribution in [0.2, 0.25) is 10.0 Å². The van der Waals surface area contributed by atoms with Gasteiger partial charge < -0.3 is 19.1 Å². The Kier molecular flexibility index (Phi) is 7.51. The van der Waals surface area contributed by atoms with E-state index in [0.29, 0.717) is 46.7 Å². The van der Waals surface area contributed by atoms with Crippen molar-refractivity contribution in [3.8, 4) is 0 Å². The minimum Gasteiger partial charge on any atom is -0.465 e. The van der Waals surface area contributed by atoms with E-state index in [4.69, 9.17) is 32.7 Å². The zero-order chi connectivity index (χ0) is 23.4. The third kappa shape index (κ3) is 5.47. The number of halogens is 2. The molecule has 4 rings (SSSR count). The maximum absolute atomic E-state index is 11.3. The molecule has 0 bridgehead atoms. The molecule has 0 spiro atoms. The number of nitrogens with zero attached hydrogens (tertiary/aromatic N) is 3. The van der Waals surface area contributed by atoms with Crippen molar-refractivity contribution in [2.24, 2.45) is 0 Å². The largest absolute Gasteiger partial charge is 0.465 e. The predicted octanol–water partition coefficient (Wildman–Crippen LogP) is 5.75. The van der Waals surface area contributed by atoms with Crippen LogP contribution in [0.4, 0.5) is 10.5 Å². The summed E-state index contributed by atoms with van der Waals surface area (Å²) in [4.78, 5) is 17.7. The Bertz CT molecular complexity index is 1100. The molecule has 2 heterocycles. The van der Waals surface area contributed by atoms with Gasteiger partial charge in [0.25, 0.3) is 0 Å². The van der Waals surface area contributed by atoms with E-state index in [2.05, 4.69) is 4.98 Å². The Labute approximate surface area is 206 Å². The van der Waals surface area contributed by atoms with E-state index >= 15 is 0 Å². The van der Waals surface area contributed by atoms with Crippen LogP contribution in [0, 0.1) is 0 Å². The standard InChI is InChI=1S/C23H23Cl2N3O4S/c1-2-28(22(29)30)17-4-6-19(7-5-17)33-13-18-12-31-23(32-18,14-27-10-9-26-15-27)20-8-3-16(24)11-21(20)25/h3-11,15,18H,2,12-14H2,1H3,(H,29,30)/t18?,23-/m1/s1. The quantitative estimate of drug-likeness (QED) is 0.390. The summed E-state index contributed by atoms with van der Waals surface area (Å²) < 4.78 is 14.6. The van der Waals surface area contributed by atoms with E-state index in [9.17, 15) is 9.90 Å². The number of rotatable bonds is 8. The number of amides is 1. The van der Waals surface area contributed by atoms with Gasteiger partial charge in [-0.05, 0) is 43.3 Å². The van der Waals surface area contributed by atoms with Crippen molar-refractivity contribution in [1.82, 2.24) is 9.55 Å². The van der Waals surface area contributed by atoms with Crippen LogP contribution in [-0.4, -0.2) is 45.8 Å². The number of thioether (sulfide) groups is 1. The molecule has 33 heavy (non-hydrogen) atoms. The fraction of sp³-hybridized carbons (Fsp3) is 0.304. The molecule has 1 aliphatic heterocycles. The summed E-state index contributed by atoms with van der Waals surface area (Å²) in [5.41, 5.74) is 1.36. The van der Waals surface area contributed by atoms with Crippen LogP contribution in [0.25, 0.3) is 0 Å². The maximum Gasteiger partial charge on any atom is 0.411 e. The Balaban J connectivity index is 1.46. The molecule has 1 amide bonds. The van der Waals surface area contributed by atoms with Crippen LogP contribution in [0.5, 0.6) is 0 Å². The van der Waals surface area contributed by atoms with Crippen molar-refractivity contribution < 1.29 is 19.4 Å². The van der Waals surface area contributed by atoms with Gasteiger partial charge in [0.05, 0.1) is 30.6 Å². The zero-order valence-electron chi connectivity index (χ0n) is 17.9. The number of hydrogen-bond acceptors (Lipinski definition) is 5. The minimum absolute atomic E-state index is 0.170. The lowest BCUT2D eigenvalue weighted by atomic mass is 10.1. The molecule has 3 aromatic rings. The number of aromatic nitrogens is 2. The van der Waals surface area contributed by atoms with Crippen molar-refractivity contribution in [2.75, 3.05) is 23.8 Å². The fourth-order valence-corrected chi connectivity index (χ4v) is 5.14. The number of imidazole rings is 1. The fourth-order valence-electron chi connectivity index (χ4n) is 3.72. The maximum atomic E-state index is 11.3. The second-order valence-electron chi connectivity index (χ2n) is 7.49. The molecule has 174 valence electrons. The first-order chi connectivity index (χ1) is 15.9. The highest BCUT2D eigenvalue weighted by atomic mass is 35.5. The molecule has 0 radical (unpaired) electrons. The first-order valence-electron chi connectivity index (χ1n) is 10.4. The lowest BCUT2D eigenvalue weighted by molar-refractivity contribution is -0.184. The van der Waals surface area contributed by atoms with E-state index in [1.54, 1.807) is 43.3 Å². The van der Waals surface area contributed by atoms with E-state index in [1.807, 2.05) is 41.1 Å². The van der Waals surface area contributed by atoms with Gasteiger partial charge >= 0.3 is 6.09 Å². The number of hydrogen-bond donors (Lipinski definition) is 1. The highest BCUT2D eigenvalue weighted by Gasteiger charge is 2.45. The van der Waals surface area contributed by atoms with Crippen molar-refractivity contribution in [1.29, 1.82) is 0 Å². The van der Waals surface area contributed by atoms with Crippen molar-refractivity contribution in [3.05, 3.63) is 76.8 Å². The van der Waals surface area contributed by atoms with Gasteiger partial charge in [0.15, 0.2) is 0 Å². The number of anilines is 1. The highest BCUT2D eigenvalue weighted by molar-refractivity contribution is 7.99. The zero-order valence-corrected chi connectivity index (χ0v) is 20.2. The molecule has 2 atom stereocenters. The van der Waals surface area contributed by atoms with Gasteiger partial charge in [-0.2, -0.15) is 0 Å². The average Bonchev–Trinajstić information content (AvgIpc) is 3.44. The SMILES string of the molecule is CCN(C(=O)O)c1ccc(SCC2CO[C@@](Cn3ccnc3)(c3ccc(Cl)cc3Cl)O2)cc1. The van der Waals surface area contributed by atoms with Gasteiger partial charge in [0, 0.05) is 45.9 Å². The average molecular weight is 508 g/mol. The minimum atomic E-state index is -1.05. The molecule has 1 N–H and O–H groups in total. The first kappa shape index (κ1) is 23.9. The number of benzene rings is 2. The van der Waals surface area contributed by atoms with Gasteiger partial charge in [0.2, 0.25) is 5.79 Å². The van der Waals surface area contributed by atoms with E-state index < -0.39 is 11.9 Å². The lowest BCUT2D eigenvalue weighted by Gasteiger charge is -2.30. The summed E-state index contributed by atoms with van der Waals surface area (Å²) in [5, 5.41) is 10.3. The molecule has 1 aliphatic rings. The Morgan fingerprint density at radius 1 is 1.30 bits per heavy atom. The molecule has 10 heteroatoms. The van der Waals surface area contributed by atoms with E-state index in [0.717, 1.165) is 4.90 Å². The van der Waals surface area contributed by atoms with Crippen LogP contribution in [0.15, 0.2) is 66.1 Å². The summed E-state index contributed by atoms with van der Waals surface area (Å²) in [6.07, 6.45) is 4.12. The van der Waals surface area contributed by atoms with Gasteiger partial charge in [-0.1, -0.05) is 29.3 Å². The molecule has 1 saturated heterocycles. The summed E-state index contributed by atoms with van der Waals surface area (Å²) in [7, 11) is 0. The van der Waals surface area contributed by atoms with Gasteiger partial charge in [-0.15, -0.1) is 11.8 Å². The van der Waals surface area contributed by atoms with Gasteiger partial charge in [-0.3, -0.25) is 4.90 Å². The van der Waals surface area contributed by atoms with Crippen molar-refractivity contribution >= 4 is 46.7 Å². The topological polar surface area (TPSA) is 76.8 Å². The summed E-state index contributed by atoms with van der Waals surface area (Å²) >= 11 is 14.2. The smallest absolute Gasteiger partial charge is 0.411 e. The molecule has 1 unspecified atom stereocenters. The second kappa shape index (κ2) is 10.4. The van der Waals surface area contributed by atoms with Gasteiger partial charge in [0.1, 0.15) is 0 Å². The van der Waals surface area contributed by atoms with Crippen LogP contribution in [-0.2, 0) is 21.8 Å². The van der Waals surface area contributed by atoms with Crippen LogP contribution in [0.3, 0.4) is 0 Å². The number of carbonyl (C=O) groups is 1. The van der Waals surface area contributed by atoms with Crippen LogP contribution in [0.1, 0.15) is 12.5 Å². The molecule has 0 aliphatic carbocycles. The third-order valence-corrected chi connectivity index (χ3v) is 6.97. The lowest BCUT2D eigenvalue weighted by Crippen LogP contribution is -2.34. The highest BCUT2D eigenvalue weighted by Crippen LogP contribution is 2.41. The molecule has 7 nitrogen and oxygen atoms in total. The summed E-state index contributed by atoms with van der Waals surface area (Å²) in [6, 6.07) is 12.7. The monoisotopic (exact) mass is 507 g/mol. The van der Waals surface area contributed by atoms with Crippen molar-refractivity contribution in [3.63, 3.8) is 0 Å². The first-order valence-corrected chi connectivity index (χ1v) is 12.1. The van der Waals surface area contributed by atoms with Crippen LogP contribution >= 0.6 is 35.0 Å². The second-order valence-corrected chi connectivity index (χ2v) is 9.43. The Morgan fingerprint density at radius 3 is 2.73 bits per heavy atom. The summed E-state index contributed by atoms with van der Waals surface area (Å²) in [6.45, 7) is 2.99.